The number of halogens is 1. The smallest absolute Gasteiger partial charge is 0.282 e. The summed E-state index contributed by atoms with van der Waals surface area (Å²) >= 11 is 0. The van der Waals surface area contributed by atoms with E-state index in [0.29, 0.717) is 46.4 Å². The average Bonchev–Trinajstić information content (AvgIpc) is 3.63. The zero-order valence-corrected chi connectivity index (χ0v) is 18.8. The van der Waals surface area contributed by atoms with Gasteiger partial charge in [-0.15, -0.1) is 10.2 Å². The van der Waals surface area contributed by atoms with E-state index in [0.717, 1.165) is 37.2 Å². The largest absolute Gasteiger partial charge is 0.434 e. The van der Waals surface area contributed by atoms with Gasteiger partial charge in [-0.25, -0.2) is 19.3 Å². The lowest BCUT2D eigenvalue weighted by Crippen LogP contribution is -2.62. The van der Waals surface area contributed by atoms with Gasteiger partial charge in [0, 0.05) is 53.8 Å². The number of hydrogen-bond donors (Lipinski definition) is 1. The van der Waals surface area contributed by atoms with Crippen molar-refractivity contribution in [1.82, 2.24) is 30.5 Å². The van der Waals surface area contributed by atoms with Crippen molar-refractivity contribution in [3.8, 4) is 22.8 Å². The van der Waals surface area contributed by atoms with Gasteiger partial charge in [0.25, 0.3) is 5.88 Å². The summed E-state index contributed by atoms with van der Waals surface area (Å²) in [7, 11) is 0. The van der Waals surface area contributed by atoms with E-state index < -0.39 is 0 Å². The van der Waals surface area contributed by atoms with E-state index >= 15 is 0 Å². The number of rotatable bonds is 5. The van der Waals surface area contributed by atoms with Crippen LogP contribution in [0.1, 0.15) is 50.1 Å². The standard InChI is InChI=1S/C25H26FN7O/c26-16-3-6-21(19(7-16)20-10-27-13-28-22(20)15-1-2-15)34-24-23(29-14-30-32-24)33-11-25(12-33)8-17-4-5-18(9-25)31-17/h3,6-7,10,13-15,17-18,31H,1-2,4-5,8-9,11-12H2. The maximum atomic E-state index is 14.3. The highest BCUT2D eigenvalue weighted by Crippen LogP contribution is 2.49. The minimum atomic E-state index is -0.337. The third kappa shape index (κ3) is 3.50. The molecule has 3 aliphatic heterocycles. The zero-order valence-electron chi connectivity index (χ0n) is 18.8. The van der Waals surface area contributed by atoms with Crippen LogP contribution in [-0.2, 0) is 0 Å². The molecule has 2 atom stereocenters. The van der Waals surface area contributed by atoms with E-state index in [9.17, 15) is 4.39 Å². The zero-order chi connectivity index (χ0) is 22.7. The molecule has 1 saturated carbocycles. The molecule has 4 fully saturated rings. The van der Waals surface area contributed by atoms with Crippen LogP contribution in [0.15, 0.2) is 37.1 Å². The lowest BCUT2D eigenvalue weighted by Gasteiger charge is -2.54. The normalized spacial score (nSPS) is 24.8. The second-order valence-electron chi connectivity index (χ2n) is 10.3. The van der Waals surface area contributed by atoms with Gasteiger partial charge >= 0.3 is 0 Å². The van der Waals surface area contributed by atoms with Gasteiger partial charge in [0.2, 0.25) is 0 Å². The first-order valence-electron chi connectivity index (χ1n) is 12.1. The third-order valence-electron chi connectivity index (χ3n) is 7.76. The molecule has 5 heterocycles. The van der Waals surface area contributed by atoms with E-state index in [1.165, 1.54) is 44.1 Å². The Hall–Kier alpha value is -3.20. The van der Waals surface area contributed by atoms with Crippen molar-refractivity contribution in [1.29, 1.82) is 0 Å². The van der Waals surface area contributed by atoms with Crippen molar-refractivity contribution < 1.29 is 9.13 Å². The molecular formula is C25H26FN7O. The molecule has 8 nitrogen and oxygen atoms in total. The summed E-state index contributed by atoms with van der Waals surface area (Å²) in [5, 5.41) is 12.0. The van der Waals surface area contributed by atoms with Crippen molar-refractivity contribution in [3.05, 3.63) is 48.6 Å². The van der Waals surface area contributed by atoms with Crippen LogP contribution < -0.4 is 15.0 Å². The highest BCUT2D eigenvalue weighted by molar-refractivity contribution is 5.73. The highest BCUT2D eigenvalue weighted by atomic mass is 19.1. The van der Waals surface area contributed by atoms with E-state index in [1.54, 1.807) is 18.6 Å². The van der Waals surface area contributed by atoms with Crippen LogP contribution in [0.2, 0.25) is 0 Å². The van der Waals surface area contributed by atoms with Crippen molar-refractivity contribution >= 4 is 5.82 Å². The Morgan fingerprint density at radius 3 is 2.62 bits per heavy atom. The monoisotopic (exact) mass is 459 g/mol. The molecule has 1 aromatic carbocycles. The van der Waals surface area contributed by atoms with Crippen LogP contribution in [0.3, 0.4) is 0 Å². The van der Waals surface area contributed by atoms with Gasteiger partial charge in [0.05, 0.1) is 5.69 Å². The van der Waals surface area contributed by atoms with E-state index in [1.807, 2.05) is 0 Å². The Morgan fingerprint density at radius 2 is 1.82 bits per heavy atom. The average molecular weight is 460 g/mol. The van der Waals surface area contributed by atoms with Gasteiger partial charge in [0.1, 0.15) is 24.2 Å². The Kier molecular flexibility index (Phi) is 4.55. The molecule has 1 aliphatic carbocycles. The van der Waals surface area contributed by atoms with Crippen LogP contribution in [0.4, 0.5) is 10.2 Å². The first kappa shape index (κ1) is 20.2. The molecule has 2 bridgehead atoms. The van der Waals surface area contributed by atoms with E-state index in [4.69, 9.17) is 4.74 Å². The molecular weight excluding hydrogens is 433 g/mol. The minimum Gasteiger partial charge on any atom is -0.434 e. The van der Waals surface area contributed by atoms with Crippen LogP contribution in [-0.4, -0.2) is 50.3 Å². The highest BCUT2D eigenvalue weighted by Gasteiger charge is 2.51. The number of benzene rings is 1. The molecule has 4 aliphatic rings. The third-order valence-corrected chi connectivity index (χ3v) is 7.76. The van der Waals surface area contributed by atoms with Crippen molar-refractivity contribution in [2.24, 2.45) is 5.41 Å². The summed E-state index contributed by atoms with van der Waals surface area (Å²) in [5.41, 5.74) is 2.70. The van der Waals surface area contributed by atoms with Gasteiger partial charge < -0.3 is 15.0 Å². The summed E-state index contributed by atoms with van der Waals surface area (Å²) < 4.78 is 20.6. The Balaban J connectivity index is 1.18. The summed E-state index contributed by atoms with van der Waals surface area (Å²) in [5.74, 6) is 1.58. The van der Waals surface area contributed by atoms with Crippen molar-refractivity contribution in [2.45, 2.75) is 56.5 Å². The second-order valence-corrected chi connectivity index (χ2v) is 10.3. The lowest BCUT2D eigenvalue weighted by molar-refractivity contribution is 0.115. The van der Waals surface area contributed by atoms with Crippen molar-refractivity contribution in [2.75, 3.05) is 18.0 Å². The molecule has 2 unspecified atom stereocenters. The number of nitrogens with zero attached hydrogens (tertiary/aromatic N) is 6. The first-order valence-corrected chi connectivity index (χ1v) is 12.1. The molecule has 2 aromatic heterocycles. The quantitative estimate of drug-likeness (QED) is 0.615. The Morgan fingerprint density at radius 1 is 1.00 bits per heavy atom. The van der Waals surface area contributed by atoms with E-state index in [-0.39, 0.29) is 5.82 Å². The van der Waals surface area contributed by atoms with Gasteiger partial charge in [-0.3, -0.25) is 0 Å². The van der Waals surface area contributed by atoms with Gasteiger partial charge in [0.15, 0.2) is 5.82 Å². The van der Waals surface area contributed by atoms with Crippen LogP contribution in [0, 0.1) is 11.2 Å². The summed E-state index contributed by atoms with van der Waals surface area (Å²) in [6.07, 6.45) is 11.9. The topological polar surface area (TPSA) is 89.0 Å². The number of piperidine rings is 1. The fourth-order valence-electron chi connectivity index (χ4n) is 6.20. The molecule has 1 N–H and O–H groups in total. The number of fused-ring (bicyclic) bond motifs is 2. The molecule has 0 radical (unpaired) electrons. The van der Waals surface area contributed by atoms with Crippen LogP contribution in [0.5, 0.6) is 11.6 Å². The summed E-state index contributed by atoms with van der Waals surface area (Å²) in [4.78, 5) is 15.4. The molecule has 9 heteroatoms. The van der Waals surface area contributed by atoms with Crippen molar-refractivity contribution in [3.63, 3.8) is 0 Å². The Labute approximate surface area is 197 Å². The molecule has 7 rings (SSSR count). The first-order chi connectivity index (χ1) is 16.7. The summed E-state index contributed by atoms with van der Waals surface area (Å²) in [6, 6.07) is 5.81. The lowest BCUT2D eigenvalue weighted by atomic mass is 9.70. The second kappa shape index (κ2) is 7.66. The number of aromatic nitrogens is 5. The molecule has 0 amide bonds. The van der Waals surface area contributed by atoms with Gasteiger partial charge in [-0.1, -0.05) is 0 Å². The molecule has 174 valence electrons. The van der Waals surface area contributed by atoms with E-state index in [2.05, 4.69) is 35.4 Å². The molecule has 3 saturated heterocycles. The minimum absolute atomic E-state index is 0.337. The molecule has 1 spiro atoms. The summed E-state index contributed by atoms with van der Waals surface area (Å²) in [6.45, 7) is 1.90. The number of anilines is 1. The maximum absolute atomic E-state index is 14.3. The maximum Gasteiger partial charge on any atom is 0.282 e. The van der Waals surface area contributed by atoms with Gasteiger partial charge in [-0.05, 0) is 56.7 Å². The fraction of sp³-hybridized carbons (Fsp3) is 0.480. The van der Waals surface area contributed by atoms with Crippen LogP contribution >= 0.6 is 0 Å². The molecule has 34 heavy (non-hydrogen) atoms. The Bertz CT molecular complexity index is 1230. The number of ether oxygens (including phenoxy) is 1. The number of hydrogen-bond acceptors (Lipinski definition) is 8. The van der Waals surface area contributed by atoms with Gasteiger partial charge in [-0.2, -0.15) is 0 Å². The predicted molar refractivity (Wildman–Crippen MR) is 123 cm³/mol. The number of nitrogens with one attached hydrogen (secondary N) is 1. The molecule has 3 aromatic rings. The predicted octanol–water partition coefficient (Wildman–Crippen LogP) is 3.86. The van der Waals surface area contributed by atoms with Crippen LogP contribution in [0.25, 0.3) is 11.1 Å². The SMILES string of the molecule is Fc1ccc(Oc2nncnc2N2CC3(CC4CCC(C3)N4)C2)c(-c2cncnc2C2CC2)c1. The fourth-order valence-corrected chi connectivity index (χ4v) is 6.20.